The zero-order valence-corrected chi connectivity index (χ0v) is 14.5. The molecule has 0 saturated carbocycles. The molecule has 124 valence electrons. The van der Waals surface area contributed by atoms with Gasteiger partial charge in [-0.05, 0) is 30.5 Å². The summed E-state index contributed by atoms with van der Waals surface area (Å²) >= 11 is 1.78. The van der Waals surface area contributed by atoms with Gasteiger partial charge in [-0.2, -0.15) is 11.8 Å². The highest BCUT2D eigenvalue weighted by molar-refractivity contribution is 7.97. The van der Waals surface area contributed by atoms with Gasteiger partial charge in [-0.3, -0.25) is 0 Å². The molecule has 24 heavy (non-hydrogen) atoms. The number of nitrogens with one attached hydrogen (secondary N) is 1. The summed E-state index contributed by atoms with van der Waals surface area (Å²) in [5.74, 6) is 2.69. The fourth-order valence-electron chi connectivity index (χ4n) is 2.98. The van der Waals surface area contributed by atoms with Crippen molar-refractivity contribution in [2.45, 2.75) is 5.75 Å². The number of benzene rings is 1. The summed E-state index contributed by atoms with van der Waals surface area (Å²) in [5.41, 5.74) is 3.26. The monoisotopic (exact) mass is 340 g/mol. The van der Waals surface area contributed by atoms with Crippen molar-refractivity contribution < 1.29 is 4.74 Å². The molecular formula is C18H20N4OS. The summed E-state index contributed by atoms with van der Waals surface area (Å²) in [4.78, 5) is 15.1. The molecule has 1 fully saturated rings. The van der Waals surface area contributed by atoms with Gasteiger partial charge < -0.3 is 14.6 Å². The molecule has 0 amide bonds. The van der Waals surface area contributed by atoms with E-state index in [4.69, 9.17) is 14.7 Å². The Morgan fingerprint density at radius 3 is 2.88 bits per heavy atom. The van der Waals surface area contributed by atoms with Crippen molar-refractivity contribution in [2.24, 2.45) is 0 Å². The molecule has 0 aliphatic carbocycles. The largest absolute Gasteiger partial charge is 0.378 e. The molecule has 0 radical (unpaired) electrons. The molecule has 3 heterocycles. The molecule has 2 aromatic heterocycles. The third-order valence-corrected chi connectivity index (χ3v) is 4.79. The van der Waals surface area contributed by atoms with E-state index >= 15 is 0 Å². The van der Waals surface area contributed by atoms with Crippen LogP contribution >= 0.6 is 11.8 Å². The predicted octanol–water partition coefficient (Wildman–Crippen LogP) is 3.32. The average molecular weight is 340 g/mol. The summed E-state index contributed by atoms with van der Waals surface area (Å²) in [6.45, 7) is 3.27. The predicted molar refractivity (Wildman–Crippen MR) is 99.6 cm³/mol. The van der Waals surface area contributed by atoms with Gasteiger partial charge in [0.05, 0.1) is 18.9 Å². The number of nitrogens with zero attached hydrogens (tertiary/aromatic N) is 3. The highest BCUT2D eigenvalue weighted by Crippen LogP contribution is 2.25. The number of anilines is 1. The summed E-state index contributed by atoms with van der Waals surface area (Å²) < 4.78 is 5.46. The third-order valence-electron chi connectivity index (χ3n) is 4.20. The van der Waals surface area contributed by atoms with Gasteiger partial charge in [-0.25, -0.2) is 9.97 Å². The molecule has 5 nitrogen and oxygen atoms in total. The Labute approximate surface area is 145 Å². The molecule has 3 aromatic rings. The zero-order chi connectivity index (χ0) is 16.4. The fourth-order valence-corrected chi connectivity index (χ4v) is 3.42. The molecule has 1 aromatic carbocycles. The van der Waals surface area contributed by atoms with E-state index in [-0.39, 0.29) is 0 Å². The van der Waals surface area contributed by atoms with Crippen LogP contribution in [-0.2, 0) is 10.5 Å². The van der Waals surface area contributed by atoms with Gasteiger partial charge in [-0.15, -0.1) is 0 Å². The van der Waals surface area contributed by atoms with Crippen LogP contribution in [0.3, 0.4) is 0 Å². The number of H-pyrrole nitrogens is 1. The smallest absolute Gasteiger partial charge is 0.161 e. The van der Waals surface area contributed by atoms with E-state index in [1.165, 1.54) is 5.39 Å². The maximum absolute atomic E-state index is 5.46. The van der Waals surface area contributed by atoms with Crippen LogP contribution in [0.2, 0.25) is 0 Å². The number of ether oxygens (including phenoxy) is 1. The number of morpholine rings is 1. The van der Waals surface area contributed by atoms with Gasteiger partial charge in [0.25, 0.3) is 0 Å². The second-order valence-corrected chi connectivity index (χ2v) is 6.72. The van der Waals surface area contributed by atoms with Crippen molar-refractivity contribution in [3.63, 3.8) is 0 Å². The first-order valence-electron chi connectivity index (χ1n) is 8.10. The van der Waals surface area contributed by atoms with Crippen LogP contribution in [0.25, 0.3) is 22.3 Å². The molecule has 1 aliphatic heterocycles. The Kier molecular flexibility index (Phi) is 4.40. The number of rotatable bonds is 4. The number of aromatic amines is 1. The van der Waals surface area contributed by atoms with Crippen LogP contribution in [0.1, 0.15) is 5.69 Å². The van der Waals surface area contributed by atoms with Gasteiger partial charge in [-0.1, -0.05) is 0 Å². The molecular weight excluding hydrogens is 320 g/mol. The van der Waals surface area contributed by atoms with E-state index in [0.717, 1.165) is 60.5 Å². The zero-order valence-electron chi connectivity index (χ0n) is 13.7. The highest BCUT2D eigenvalue weighted by atomic mass is 32.2. The summed E-state index contributed by atoms with van der Waals surface area (Å²) in [7, 11) is 0. The van der Waals surface area contributed by atoms with E-state index in [9.17, 15) is 0 Å². The first kappa shape index (κ1) is 15.5. The number of thioether (sulfide) groups is 1. The molecule has 0 spiro atoms. The van der Waals surface area contributed by atoms with Gasteiger partial charge in [0, 0.05) is 47.6 Å². The Morgan fingerprint density at radius 2 is 2.04 bits per heavy atom. The quantitative estimate of drug-likeness (QED) is 0.789. The van der Waals surface area contributed by atoms with Crippen LogP contribution in [-0.4, -0.2) is 47.5 Å². The minimum absolute atomic E-state index is 0.756. The van der Waals surface area contributed by atoms with Crippen molar-refractivity contribution in [1.82, 2.24) is 15.0 Å². The third kappa shape index (κ3) is 3.12. The van der Waals surface area contributed by atoms with Gasteiger partial charge in [0.15, 0.2) is 5.82 Å². The minimum Gasteiger partial charge on any atom is -0.378 e. The van der Waals surface area contributed by atoms with Gasteiger partial charge in [0.2, 0.25) is 0 Å². The SMILES string of the molecule is CSCc1cc(N2CCOCC2)nc(-c2ccc3[nH]ccc3c2)n1. The van der Waals surface area contributed by atoms with Crippen molar-refractivity contribution >= 4 is 28.5 Å². The molecule has 6 heteroatoms. The van der Waals surface area contributed by atoms with E-state index in [1.807, 2.05) is 6.20 Å². The maximum Gasteiger partial charge on any atom is 0.161 e. The van der Waals surface area contributed by atoms with E-state index in [2.05, 4.69) is 46.5 Å². The van der Waals surface area contributed by atoms with Crippen molar-refractivity contribution in [2.75, 3.05) is 37.5 Å². The first-order chi connectivity index (χ1) is 11.8. The fraction of sp³-hybridized carbons (Fsp3) is 0.333. The van der Waals surface area contributed by atoms with Crippen LogP contribution in [0, 0.1) is 0 Å². The normalized spacial score (nSPS) is 15.1. The van der Waals surface area contributed by atoms with Crippen LogP contribution in [0.4, 0.5) is 5.82 Å². The summed E-state index contributed by atoms with van der Waals surface area (Å²) in [5, 5.41) is 1.18. The lowest BCUT2D eigenvalue weighted by atomic mass is 10.1. The lowest BCUT2D eigenvalue weighted by Gasteiger charge is -2.28. The van der Waals surface area contributed by atoms with Gasteiger partial charge >= 0.3 is 0 Å². The Hall–Kier alpha value is -2.05. The van der Waals surface area contributed by atoms with Crippen molar-refractivity contribution in [1.29, 1.82) is 0 Å². The molecule has 0 bridgehead atoms. The number of hydrogen-bond donors (Lipinski definition) is 1. The number of aromatic nitrogens is 3. The first-order valence-corrected chi connectivity index (χ1v) is 9.50. The second-order valence-electron chi connectivity index (χ2n) is 5.85. The number of fused-ring (bicyclic) bond motifs is 1. The highest BCUT2D eigenvalue weighted by Gasteiger charge is 2.16. The minimum atomic E-state index is 0.756. The van der Waals surface area contributed by atoms with Crippen molar-refractivity contribution in [3.8, 4) is 11.4 Å². The van der Waals surface area contributed by atoms with E-state index in [0.29, 0.717) is 0 Å². The molecule has 0 unspecified atom stereocenters. The summed E-state index contributed by atoms with van der Waals surface area (Å²) in [6, 6.07) is 10.5. The second kappa shape index (κ2) is 6.83. The van der Waals surface area contributed by atoms with Crippen LogP contribution < -0.4 is 4.90 Å². The molecule has 0 atom stereocenters. The molecule has 1 N–H and O–H groups in total. The number of hydrogen-bond acceptors (Lipinski definition) is 5. The maximum atomic E-state index is 5.46. The lowest BCUT2D eigenvalue weighted by Crippen LogP contribution is -2.37. The van der Waals surface area contributed by atoms with E-state index < -0.39 is 0 Å². The topological polar surface area (TPSA) is 54.0 Å². The molecule has 1 saturated heterocycles. The standard InChI is InChI=1S/C18H20N4OS/c1-24-12-15-11-17(22-6-8-23-9-7-22)21-18(20-15)14-2-3-16-13(10-14)4-5-19-16/h2-5,10-11,19H,6-9,12H2,1H3. The summed E-state index contributed by atoms with van der Waals surface area (Å²) in [6.07, 6.45) is 4.06. The van der Waals surface area contributed by atoms with Crippen LogP contribution in [0.5, 0.6) is 0 Å². The lowest BCUT2D eigenvalue weighted by molar-refractivity contribution is 0.122. The Morgan fingerprint density at radius 1 is 1.17 bits per heavy atom. The van der Waals surface area contributed by atoms with Crippen LogP contribution in [0.15, 0.2) is 36.5 Å². The average Bonchev–Trinajstić information content (AvgIpc) is 3.10. The van der Waals surface area contributed by atoms with Gasteiger partial charge in [0.1, 0.15) is 5.82 Å². The Bertz CT molecular complexity index is 842. The van der Waals surface area contributed by atoms with Crippen molar-refractivity contribution in [3.05, 3.63) is 42.2 Å². The molecule has 1 aliphatic rings. The Balaban J connectivity index is 1.76. The van der Waals surface area contributed by atoms with E-state index in [1.54, 1.807) is 11.8 Å². The molecule has 4 rings (SSSR count).